The van der Waals surface area contributed by atoms with Crippen LogP contribution >= 0.6 is 0 Å². The molecule has 5 nitrogen and oxygen atoms in total. The van der Waals surface area contributed by atoms with Gasteiger partial charge in [0.1, 0.15) is 0 Å². The van der Waals surface area contributed by atoms with Gasteiger partial charge in [-0.3, -0.25) is 4.68 Å². The van der Waals surface area contributed by atoms with E-state index < -0.39 is 5.97 Å². The molecule has 1 aliphatic rings. The smallest absolute Gasteiger partial charge is 0.363 e. The van der Waals surface area contributed by atoms with Crippen molar-refractivity contribution in [3.63, 3.8) is 0 Å². The molecule has 2 aromatic rings. The third-order valence-electron chi connectivity index (χ3n) is 3.43. The molecule has 0 spiro atoms. The Hall–Kier alpha value is -2.69. The van der Waals surface area contributed by atoms with Crippen LogP contribution in [0.4, 0.5) is 0 Å². The van der Waals surface area contributed by atoms with Gasteiger partial charge in [0.15, 0.2) is 5.70 Å². The van der Waals surface area contributed by atoms with E-state index in [0.29, 0.717) is 11.6 Å². The van der Waals surface area contributed by atoms with Gasteiger partial charge in [-0.05, 0) is 39.0 Å². The Morgan fingerprint density at radius 2 is 1.82 bits per heavy atom. The Bertz CT molecular complexity index is 808. The van der Waals surface area contributed by atoms with E-state index in [9.17, 15) is 4.79 Å². The van der Waals surface area contributed by atoms with E-state index in [0.717, 1.165) is 27.9 Å². The number of esters is 1. The zero-order valence-corrected chi connectivity index (χ0v) is 13.0. The van der Waals surface area contributed by atoms with Crippen LogP contribution < -0.4 is 0 Å². The Kier molecular flexibility index (Phi) is 3.41. The van der Waals surface area contributed by atoms with E-state index >= 15 is 0 Å². The molecule has 1 aliphatic heterocycles. The average molecular weight is 295 g/mol. The van der Waals surface area contributed by atoms with E-state index in [-0.39, 0.29) is 0 Å². The van der Waals surface area contributed by atoms with E-state index in [1.807, 2.05) is 46.1 Å². The van der Waals surface area contributed by atoms with Gasteiger partial charge in [0.2, 0.25) is 5.90 Å². The predicted octanol–water partition coefficient (Wildman–Crippen LogP) is 2.69. The lowest BCUT2D eigenvalue weighted by molar-refractivity contribution is -0.129. The number of benzene rings is 1. The molecule has 0 aliphatic carbocycles. The summed E-state index contributed by atoms with van der Waals surface area (Å²) in [6, 6.07) is 5.98. The SMILES string of the molecule is Cc1cc(C)cc(C2=NC(=Cc3cn(C)nc3C)C(=O)O2)c1. The standard InChI is InChI=1S/C17H17N3O2/c1-10-5-11(2)7-13(6-10)16-18-15(17(21)22-16)8-14-9-20(4)19-12(14)3/h5-9H,1-4H3. The summed E-state index contributed by atoms with van der Waals surface area (Å²) in [6.07, 6.45) is 3.56. The quantitative estimate of drug-likeness (QED) is 0.632. The summed E-state index contributed by atoms with van der Waals surface area (Å²) in [5.74, 6) is -0.0815. The van der Waals surface area contributed by atoms with Crippen LogP contribution in [0.2, 0.25) is 0 Å². The Labute approximate surface area is 128 Å². The molecule has 0 atom stereocenters. The lowest BCUT2D eigenvalue weighted by Crippen LogP contribution is -2.05. The molecular formula is C17H17N3O2. The number of aryl methyl sites for hydroxylation is 4. The van der Waals surface area contributed by atoms with Crippen molar-refractivity contribution in [2.75, 3.05) is 0 Å². The minimum absolute atomic E-state index is 0.297. The van der Waals surface area contributed by atoms with E-state index in [4.69, 9.17) is 4.74 Å². The van der Waals surface area contributed by atoms with Crippen molar-refractivity contribution in [1.82, 2.24) is 9.78 Å². The highest BCUT2D eigenvalue weighted by atomic mass is 16.6. The number of cyclic esters (lactones) is 1. The summed E-state index contributed by atoms with van der Waals surface area (Å²) in [5, 5.41) is 4.25. The van der Waals surface area contributed by atoms with Gasteiger partial charge in [-0.25, -0.2) is 9.79 Å². The zero-order chi connectivity index (χ0) is 15.9. The van der Waals surface area contributed by atoms with Crippen LogP contribution in [0.5, 0.6) is 0 Å². The van der Waals surface area contributed by atoms with Gasteiger partial charge in [0.25, 0.3) is 0 Å². The Morgan fingerprint density at radius 1 is 1.14 bits per heavy atom. The minimum atomic E-state index is -0.433. The van der Waals surface area contributed by atoms with E-state index in [1.165, 1.54) is 0 Å². The lowest BCUT2D eigenvalue weighted by atomic mass is 10.1. The van der Waals surface area contributed by atoms with Gasteiger partial charge < -0.3 is 4.74 Å². The van der Waals surface area contributed by atoms with Gasteiger partial charge in [-0.2, -0.15) is 5.10 Å². The third-order valence-corrected chi connectivity index (χ3v) is 3.43. The largest absolute Gasteiger partial charge is 0.402 e. The molecule has 5 heteroatoms. The van der Waals surface area contributed by atoms with Gasteiger partial charge in [-0.15, -0.1) is 0 Å². The van der Waals surface area contributed by atoms with Gasteiger partial charge >= 0.3 is 5.97 Å². The second-order valence-corrected chi connectivity index (χ2v) is 5.56. The van der Waals surface area contributed by atoms with Crippen LogP contribution in [0.25, 0.3) is 6.08 Å². The lowest BCUT2D eigenvalue weighted by Gasteiger charge is -2.03. The van der Waals surface area contributed by atoms with Crippen molar-refractivity contribution in [3.05, 3.63) is 58.0 Å². The molecule has 0 saturated heterocycles. The molecule has 0 bridgehead atoms. The number of hydrogen-bond acceptors (Lipinski definition) is 4. The molecule has 0 saturated carbocycles. The highest BCUT2D eigenvalue weighted by Gasteiger charge is 2.24. The predicted molar refractivity (Wildman–Crippen MR) is 84.5 cm³/mol. The number of ether oxygens (including phenoxy) is 1. The second-order valence-electron chi connectivity index (χ2n) is 5.56. The monoisotopic (exact) mass is 295 g/mol. The number of rotatable bonds is 2. The molecule has 112 valence electrons. The summed E-state index contributed by atoms with van der Waals surface area (Å²) in [5.41, 5.74) is 5.03. The Balaban J connectivity index is 1.99. The Morgan fingerprint density at radius 3 is 2.41 bits per heavy atom. The number of carbonyl (C=O) groups excluding carboxylic acids is 1. The van der Waals surface area contributed by atoms with Crippen LogP contribution in [-0.2, 0) is 16.6 Å². The molecule has 0 amide bonds. The topological polar surface area (TPSA) is 56.5 Å². The maximum Gasteiger partial charge on any atom is 0.363 e. The fourth-order valence-corrected chi connectivity index (χ4v) is 2.54. The number of carbonyl (C=O) groups is 1. The molecular weight excluding hydrogens is 278 g/mol. The van der Waals surface area contributed by atoms with Crippen LogP contribution in [0.3, 0.4) is 0 Å². The van der Waals surface area contributed by atoms with Crippen molar-refractivity contribution in [2.45, 2.75) is 20.8 Å². The summed E-state index contributed by atoms with van der Waals surface area (Å²) < 4.78 is 7.01. The number of hydrogen-bond donors (Lipinski definition) is 0. The van der Waals surface area contributed by atoms with Crippen LogP contribution in [0.1, 0.15) is 27.9 Å². The summed E-state index contributed by atoms with van der Waals surface area (Å²) in [6.45, 7) is 5.90. The molecule has 22 heavy (non-hydrogen) atoms. The van der Waals surface area contributed by atoms with Gasteiger partial charge in [0, 0.05) is 24.4 Å². The molecule has 1 aromatic heterocycles. The number of aromatic nitrogens is 2. The maximum absolute atomic E-state index is 12.0. The minimum Gasteiger partial charge on any atom is -0.402 e. The van der Waals surface area contributed by atoms with Crippen molar-refractivity contribution >= 4 is 17.9 Å². The fraction of sp³-hybridized carbons (Fsp3) is 0.235. The van der Waals surface area contributed by atoms with Crippen LogP contribution in [-0.4, -0.2) is 21.6 Å². The van der Waals surface area contributed by atoms with E-state index in [1.54, 1.807) is 10.8 Å². The zero-order valence-electron chi connectivity index (χ0n) is 13.0. The van der Waals surface area contributed by atoms with Crippen molar-refractivity contribution in [2.24, 2.45) is 12.0 Å². The molecule has 0 unspecified atom stereocenters. The normalized spacial score (nSPS) is 16.1. The van der Waals surface area contributed by atoms with Crippen LogP contribution in [0.15, 0.2) is 35.1 Å². The molecule has 1 aromatic carbocycles. The molecule has 0 N–H and O–H groups in total. The van der Waals surface area contributed by atoms with Crippen LogP contribution in [0, 0.1) is 20.8 Å². The molecule has 0 fully saturated rings. The number of aliphatic imine (C=N–C) groups is 1. The highest BCUT2D eigenvalue weighted by molar-refractivity contribution is 6.13. The number of nitrogens with zero attached hydrogens (tertiary/aromatic N) is 3. The summed E-state index contributed by atoms with van der Waals surface area (Å²) in [7, 11) is 1.84. The first-order valence-electron chi connectivity index (χ1n) is 7.04. The van der Waals surface area contributed by atoms with Crippen molar-refractivity contribution < 1.29 is 9.53 Å². The maximum atomic E-state index is 12.0. The fourth-order valence-electron chi connectivity index (χ4n) is 2.54. The molecule has 0 radical (unpaired) electrons. The van der Waals surface area contributed by atoms with Crippen molar-refractivity contribution in [1.29, 1.82) is 0 Å². The van der Waals surface area contributed by atoms with Crippen molar-refractivity contribution in [3.8, 4) is 0 Å². The first-order chi connectivity index (χ1) is 10.4. The van der Waals surface area contributed by atoms with E-state index in [2.05, 4.69) is 16.2 Å². The average Bonchev–Trinajstić information content (AvgIpc) is 2.93. The third kappa shape index (κ3) is 2.70. The van der Waals surface area contributed by atoms with Gasteiger partial charge in [-0.1, -0.05) is 17.2 Å². The summed E-state index contributed by atoms with van der Waals surface area (Å²) in [4.78, 5) is 16.4. The highest BCUT2D eigenvalue weighted by Crippen LogP contribution is 2.21. The summed E-state index contributed by atoms with van der Waals surface area (Å²) >= 11 is 0. The van der Waals surface area contributed by atoms with Gasteiger partial charge in [0.05, 0.1) is 5.69 Å². The molecule has 3 rings (SSSR count). The molecule has 2 heterocycles. The second kappa shape index (κ2) is 5.26. The first kappa shape index (κ1) is 14.3. The first-order valence-corrected chi connectivity index (χ1v) is 7.04.